The van der Waals surface area contributed by atoms with E-state index in [-0.39, 0.29) is 0 Å². The first kappa shape index (κ1) is 26.1. The summed E-state index contributed by atoms with van der Waals surface area (Å²) in [6.07, 6.45) is 0. The minimum atomic E-state index is -1.14. The molecule has 1 aliphatic rings. The molecule has 0 unspecified atom stereocenters. The lowest BCUT2D eigenvalue weighted by molar-refractivity contribution is -0.152. The van der Waals surface area contributed by atoms with Crippen molar-refractivity contribution in [2.75, 3.05) is 11.9 Å². The fraction of sp³-hybridized carbons (Fsp3) is 0.238. The third-order valence-electron chi connectivity index (χ3n) is 4.69. The SMILES string of the molecule is CC(C)[C@@H](C(=O)OCC(=O)Nc1ccccc1)N1C(=O)c2c(I)c(I)c(I)c(I)c2C1=O. The van der Waals surface area contributed by atoms with E-state index >= 15 is 0 Å². The standard InChI is InChI=1S/C21H16I4N2O5/c1-9(2)18(21(31)32-8-11(28)26-10-6-4-3-5-7-10)27-19(29)12-13(20(27)30)15(23)17(25)16(24)14(12)22/h3-7,9,18H,8H2,1-2H3,(H,26,28)/t18-/m0/s1. The van der Waals surface area contributed by atoms with Crippen LogP contribution in [0.5, 0.6) is 0 Å². The lowest BCUT2D eigenvalue weighted by Crippen LogP contribution is -2.49. The zero-order chi connectivity index (χ0) is 23.7. The lowest BCUT2D eigenvalue weighted by Gasteiger charge is -2.27. The van der Waals surface area contributed by atoms with Crippen LogP contribution in [-0.4, -0.2) is 41.2 Å². The molecule has 1 aliphatic heterocycles. The Balaban J connectivity index is 1.82. The third-order valence-corrected chi connectivity index (χ3v) is 12.1. The Labute approximate surface area is 239 Å². The number of para-hydroxylation sites is 1. The maximum atomic E-state index is 13.3. The summed E-state index contributed by atoms with van der Waals surface area (Å²) in [7, 11) is 0. The van der Waals surface area contributed by atoms with E-state index in [0.717, 1.165) is 12.0 Å². The monoisotopic (exact) mass is 884 g/mol. The Hall–Kier alpha value is -0.560. The summed E-state index contributed by atoms with van der Waals surface area (Å²) in [5, 5.41) is 2.63. The molecule has 0 aromatic heterocycles. The van der Waals surface area contributed by atoms with Crippen LogP contribution in [0.1, 0.15) is 34.6 Å². The predicted molar refractivity (Wildman–Crippen MR) is 152 cm³/mol. The maximum absolute atomic E-state index is 13.3. The van der Waals surface area contributed by atoms with Crippen LogP contribution in [0.4, 0.5) is 5.69 Å². The van der Waals surface area contributed by atoms with Gasteiger partial charge in [0.25, 0.3) is 17.7 Å². The van der Waals surface area contributed by atoms with E-state index in [1.165, 1.54) is 0 Å². The van der Waals surface area contributed by atoms with Gasteiger partial charge in [-0.3, -0.25) is 19.3 Å². The summed E-state index contributed by atoms with van der Waals surface area (Å²) in [5.41, 5.74) is 1.19. The molecule has 0 spiro atoms. The number of carbonyl (C=O) groups is 4. The van der Waals surface area contributed by atoms with E-state index < -0.39 is 42.3 Å². The first-order chi connectivity index (χ1) is 15.1. The van der Waals surface area contributed by atoms with Gasteiger partial charge in [-0.25, -0.2) is 4.79 Å². The molecule has 1 atom stereocenters. The largest absolute Gasteiger partial charge is 0.454 e. The molecule has 0 radical (unpaired) electrons. The molecule has 0 bridgehead atoms. The Morgan fingerprint density at radius 1 is 0.906 bits per heavy atom. The Bertz CT molecular complexity index is 1070. The first-order valence-electron chi connectivity index (χ1n) is 9.31. The fourth-order valence-electron chi connectivity index (χ4n) is 3.24. The molecule has 2 aromatic rings. The second-order valence-corrected chi connectivity index (χ2v) is 11.5. The van der Waals surface area contributed by atoms with E-state index in [1.54, 1.807) is 38.1 Å². The second-order valence-electron chi connectivity index (χ2n) is 7.20. The molecule has 1 N–H and O–H groups in total. The molecule has 0 saturated carbocycles. The number of amides is 3. The van der Waals surface area contributed by atoms with Gasteiger partial charge in [0.15, 0.2) is 6.61 Å². The summed E-state index contributed by atoms with van der Waals surface area (Å²) in [6.45, 7) is 2.93. The number of hydrogen-bond donors (Lipinski definition) is 1. The first-order valence-corrected chi connectivity index (χ1v) is 13.6. The van der Waals surface area contributed by atoms with Crippen molar-refractivity contribution in [1.82, 2.24) is 4.90 Å². The number of imide groups is 1. The van der Waals surface area contributed by atoms with Crippen molar-refractivity contribution >= 4 is 120 Å². The van der Waals surface area contributed by atoms with Crippen LogP contribution in [0.3, 0.4) is 0 Å². The number of nitrogens with zero attached hydrogens (tertiary/aromatic N) is 1. The van der Waals surface area contributed by atoms with E-state index in [1.807, 2.05) is 6.07 Å². The smallest absolute Gasteiger partial charge is 0.330 e. The molecular weight excluding hydrogens is 868 g/mol. The van der Waals surface area contributed by atoms with Crippen LogP contribution < -0.4 is 5.32 Å². The predicted octanol–water partition coefficient (Wildman–Crippen LogP) is 4.91. The number of anilines is 1. The van der Waals surface area contributed by atoms with Crippen LogP contribution in [0.25, 0.3) is 0 Å². The van der Waals surface area contributed by atoms with Crippen LogP contribution in [-0.2, 0) is 14.3 Å². The zero-order valence-corrected chi connectivity index (χ0v) is 25.4. The molecular formula is C21H16I4N2O5. The van der Waals surface area contributed by atoms with Gasteiger partial charge < -0.3 is 10.1 Å². The molecule has 0 saturated heterocycles. The van der Waals surface area contributed by atoms with E-state index in [4.69, 9.17) is 4.74 Å². The Kier molecular flexibility index (Phi) is 8.79. The van der Waals surface area contributed by atoms with Crippen molar-refractivity contribution in [2.24, 2.45) is 5.92 Å². The van der Waals surface area contributed by atoms with E-state index in [9.17, 15) is 19.2 Å². The van der Waals surface area contributed by atoms with Crippen molar-refractivity contribution in [1.29, 1.82) is 0 Å². The molecule has 0 fully saturated rings. The summed E-state index contributed by atoms with van der Waals surface area (Å²) in [4.78, 5) is 52.6. The number of esters is 1. The molecule has 11 heteroatoms. The van der Waals surface area contributed by atoms with Crippen molar-refractivity contribution in [2.45, 2.75) is 19.9 Å². The molecule has 3 amide bonds. The molecule has 1 heterocycles. The van der Waals surface area contributed by atoms with Gasteiger partial charge in [0, 0.05) is 20.0 Å². The van der Waals surface area contributed by atoms with Crippen molar-refractivity contribution in [3.8, 4) is 0 Å². The average Bonchev–Trinajstić information content (AvgIpc) is 3.00. The summed E-state index contributed by atoms with van der Waals surface area (Å²) in [6, 6.07) is 7.63. The molecule has 2 aromatic carbocycles. The number of halogens is 4. The number of ether oxygens (including phenoxy) is 1. The van der Waals surface area contributed by atoms with E-state index in [0.29, 0.717) is 24.0 Å². The number of hydrogen-bond acceptors (Lipinski definition) is 5. The third kappa shape index (κ3) is 5.08. The Morgan fingerprint density at radius 2 is 1.41 bits per heavy atom. The van der Waals surface area contributed by atoms with Crippen LogP contribution in [0.2, 0.25) is 0 Å². The minimum Gasteiger partial charge on any atom is -0.454 e. The van der Waals surface area contributed by atoms with Gasteiger partial charge >= 0.3 is 5.97 Å². The summed E-state index contributed by atoms with van der Waals surface area (Å²) >= 11 is 8.41. The quantitative estimate of drug-likeness (QED) is 0.147. The van der Waals surface area contributed by atoms with Crippen LogP contribution in [0, 0.1) is 20.2 Å². The minimum absolute atomic E-state index is 0.310. The van der Waals surface area contributed by atoms with Crippen molar-refractivity contribution in [3.63, 3.8) is 0 Å². The van der Waals surface area contributed by atoms with E-state index in [2.05, 4.69) is 95.7 Å². The second kappa shape index (κ2) is 10.8. The average molecular weight is 884 g/mol. The zero-order valence-electron chi connectivity index (χ0n) is 16.7. The fourth-order valence-corrected chi connectivity index (χ4v) is 6.89. The topological polar surface area (TPSA) is 92.8 Å². The van der Waals surface area contributed by atoms with Crippen LogP contribution >= 0.6 is 90.4 Å². The Morgan fingerprint density at radius 3 is 1.88 bits per heavy atom. The highest BCUT2D eigenvalue weighted by Crippen LogP contribution is 2.39. The number of benzene rings is 2. The number of carbonyl (C=O) groups excluding carboxylic acids is 4. The van der Waals surface area contributed by atoms with Crippen molar-refractivity contribution in [3.05, 3.63) is 55.7 Å². The molecule has 7 nitrogen and oxygen atoms in total. The highest BCUT2D eigenvalue weighted by Gasteiger charge is 2.47. The highest BCUT2D eigenvalue weighted by atomic mass is 127. The van der Waals surface area contributed by atoms with Gasteiger partial charge in [-0.2, -0.15) is 0 Å². The lowest BCUT2D eigenvalue weighted by atomic mass is 10.0. The highest BCUT2D eigenvalue weighted by molar-refractivity contribution is 14.1. The maximum Gasteiger partial charge on any atom is 0.330 e. The molecule has 32 heavy (non-hydrogen) atoms. The molecule has 0 aliphatic carbocycles. The van der Waals surface area contributed by atoms with Gasteiger partial charge in [0.05, 0.1) is 11.1 Å². The summed E-state index contributed by atoms with van der Waals surface area (Å²) in [5.74, 6) is -2.76. The van der Waals surface area contributed by atoms with Crippen molar-refractivity contribution < 1.29 is 23.9 Å². The van der Waals surface area contributed by atoms with Gasteiger partial charge in [-0.1, -0.05) is 32.0 Å². The van der Waals surface area contributed by atoms with Gasteiger partial charge in [0.1, 0.15) is 6.04 Å². The summed E-state index contributed by atoms with van der Waals surface area (Å²) < 4.78 is 8.35. The molecule has 3 rings (SSSR count). The number of fused-ring (bicyclic) bond motifs is 1. The van der Waals surface area contributed by atoms with Gasteiger partial charge in [0.2, 0.25) is 0 Å². The normalized spacial score (nSPS) is 13.9. The number of nitrogens with one attached hydrogen (secondary N) is 1. The van der Waals surface area contributed by atoms with Gasteiger partial charge in [-0.15, -0.1) is 0 Å². The molecule has 168 valence electrons. The van der Waals surface area contributed by atoms with Gasteiger partial charge in [-0.05, 0) is 108 Å². The van der Waals surface area contributed by atoms with Crippen LogP contribution in [0.15, 0.2) is 30.3 Å². The number of rotatable bonds is 6.